The van der Waals surface area contributed by atoms with E-state index in [4.69, 9.17) is 4.74 Å². The zero-order valence-corrected chi connectivity index (χ0v) is 12.3. The summed E-state index contributed by atoms with van der Waals surface area (Å²) >= 11 is 1.57. The van der Waals surface area contributed by atoms with Gasteiger partial charge in [0.2, 0.25) is 0 Å². The average Bonchev–Trinajstić information content (AvgIpc) is 2.77. The van der Waals surface area contributed by atoms with E-state index in [1.54, 1.807) is 11.3 Å². The van der Waals surface area contributed by atoms with E-state index < -0.39 is 0 Å². The third-order valence-corrected chi connectivity index (χ3v) is 4.46. The molecule has 0 bridgehead atoms. The van der Waals surface area contributed by atoms with Gasteiger partial charge < -0.3 is 4.74 Å². The lowest BCUT2D eigenvalue weighted by Gasteiger charge is -2.17. The van der Waals surface area contributed by atoms with E-state index in [2.05, 4.69) is 11.0 Å². The summed E-state index contributed by atoms with van der Waals surface area (Å²) in [5, 5.41) is 0. The molecule has 20 heavy (non-hydrogen) atoms. The molecule has 0 saturated carbocycles. The number of benzene rings is 1. The van der Waals surface area contributed by atoms with Crippen LogP contribution >= 0.6 is 11.3 Å². The van der Waals surface area contributed by atoms with Crippen molar-refractivity contribution >= 4 is 17.1 Å². The molecule has 0 N–H and O–H groups in total. The summed E-state index contributed by atoms with van der Waals surface area (Å²) in [6.07, 6.45) is 0. The van der Waals surface area contributed by atoms with Crippen LogP contribution in [0.1, 0.15) is 20.1 Å². The largest absolute Gasteiger partial charge is 0.492 e. The van der Waals surface area contributed by atoms with Gasteiger partial charge in [0.15, 0.2) is 5.78 Å². The molecule has 104 valence electrons. The zero-order chi connectivity index (χ0) is 13.9. The molecule has 2 heterocycles. The zero-order valence-electron chi connectivity index (χ0n) is 11.5. The molecular weight excluding hydrogens is 270 g/mol. The van der Waals surface area contributed by atoms with E-state index in [0.29, 0.717) is 13.2 Å². The minimum atomic E-state index is 0.197. The summed E-state index contributed by atoms with van der Waals surface area (Å²) in [5.74, 6) is 1.14. The highest BCUT2D eigenvalue weighted by molar-refractivity contribution is 7.14. The van der Waals surface area contributed by atoms with E-state index in [0.717, 1.165) is 29.3 Å². The average molecular weight is 287 g/mol. The Bertz CT molecular complexity index is 620. The number of hydrogen-bond acceptors (Lipinski definition) is 4. The lowest BCUT2D eigenvalue weighted by atomic mass is 10.2. The minimum Gasteiger partial charge on any atom is -0.492 e. The van der Waals surface area contributed by atoms with Crippen LogP contribution in [-0.2, 0) is 6.54 Å². The first-order valence-electron chi connectivity index (χ1n) is 6.75. The molecular formula is C16H17NO2S. The summed E-state index contributed by atoms with van der Waals surface area (Å²) < 4.78 is 5.72. The molecule has 1 aromatic carbocycles. The molecule has 1 aliphatic rings. The fourth-order valence-corrected chi connectivity index (χ4v) is 3.18. The molecule has 3 rings (SSSR count). The number of ether oxygens (including phenoxy) is 1. The molecule has 4 heteroatoms. The summed E-state index contributed by atoms with van der Waals surface area (Å²) in [5.41, 5.74) is 1.15. The molecule has 0 spiro atoms. The maximum absolute atomic E-state index is 12.3. The molecule has 0 fully saturated rings. The normalized spacial score (nSPS) is 15.2. The van der Waals surface area contributed by atoms with E-state index >= 15 is 0 Å². The van der Waals surface area contributed by atoms with Crippen LogP contribution in [0.25, 0.3) is 0 Å². The Morgan fingerprint density at radius 2 is 2.15 bits per heavy atom. The van der Waals surface area contributed by atoms with E-state index in [1.807, 2.05) is 37.3 Å². The van der Waals surface area contributed by atoms with E-state index in [9.17, 15) is 4.79 Å². The van der Waals surface area contributed by atoms with Gasteiger partial charge in [-0.1, -0.05) is 18.2 Å². The van der Waals surface area contributed by atoms with Crippen LogP contribution in [0.15, 0.2) is 36.4 Å². The summed E-state index contributed by atoms with van der Waals surface area (Å²) in [7, 11) is 0. The number of rotatable bonds is 3. The third-order valence-electron chi connectivity index (χ3n) is 3.41. The number of ketones is 1. The van der Waals surface area contributed by atoms with Crippen LogP contribution in [0.4, 0.5) is 0 Å². The van der Waals surface area contributed by atoms with Crippen molar-refractivity contribution in [2.45, 2.75) is 13.5 Å². The highest BCUT2D eigenvalue weighted by atomic mass is 32.1. The van der Waals surface area contributed by atoms with Gasteiger partial charge in [0.05, 0.1) is 11.4 Å². The van der Waals surface area contributed by atoms with Gasteiger partial charge in [-0.2, -0.15) is 0 Å². The molecule has 0 atom stereocenters. The van der Waals surface area contributed by atoms with Gasteiger partial charge in [-0.3, -0.25) is 9.69 Å². The van der Waals surface area contributed by atoms with Crippen molar-refractivity contribution in [3.05, 3.63) is 51.7 Å². The van der Waals surface area contributed by atoms with Crippen molar-refractivity contribution in [2.75, 3.05) is 19.7 Å². The number of carbonyl (C=O) groups excluding carboxylic acids is 1. The molecule has 2 aromatic rings. The van der Waals surface area contributed by atoms with Crippen LogP contribution in [0.2, 0.25) is 0 Å². The number of Topliss-reactive ketones (excluding diaryl/α,β-unsaturated/α-hetero) is 1. The van der Waals surface area contributed by atoms with Crippen LogP contribution in [-0.4, -0.2) is 30.4 Å². The minimum absolute atomic E-state index is 0.197. The second-order valence-corrected chi connectivity index (χ2v) is 6.29. The van der Waals surface area contributed by atoms with Crippen molar-refractivity contribution in [1.29, 1.82) is 0 Å². The number of thiophene rings is 1. The third kappa shape index (κ3) is 2.92. The molecule has 1 aromatic heterocycles. The monoisotopic (exact) mass is 287 g/mol. The highest BCUT2D eigenvalue weighted by Crippen LogP contribution is 2.23. The Balaban J connectivity index is 1.71. The van der Waals surface area contributed by atoms with Crippen molar-refractivity contribution < 1.29 is 9.53 Å². The Kier molecular flexibility index (Phi) is 3.85. The van der Waals surface area contributed by atoms with Crippen molar-refractivity contribution in [3.8, 4) is 5.75 Å². The lowest BCUT2D eigenvalue weighted by Crippen LogP contribution is -2.31. The van der Waals surface area contributed by atoms with Crippen LogP contribution in [0.3, 0.4) is 0 Å². The Morgan fingerprint density at radius 3 is 2.95 bits per heavy atom. The van der Waals surface area contributed by atoms with E-state index in [1.165, 1.54) is 4.88 Å². The maximum atomic E-state index is 12.3. The number of carbonyl (C=O) groups is 1. The van der Waals surface area contributed by atoms with E-state index in [-0.39, 0.29) is 5.78 Å². The number of nitrogens with zero attached hydrogens (tertiary/aromatic N) is 1. The molecule has 1 aliphatic heterocycles. The van der Waals surface area contributed by atoms with Gasteiger partial charge in [-0.15, -0.1) is 11.3 Å². The summed E-state index contributed by atoms with van der Waals surface area (Å²) in [4.78, 5) is 16.5. The molecule has 0 unspecified atom stereocenters. The van der Waals surface area contributed by atoms with Gasteiger partial charge >= 0.3 is 0 Å². The Hall–Kier alpha value is -1.65. The number of aryl methyl sites for hydroxylation is 1. The first-order chi connectivity index (χ1) is 9.72. The Labute approximate surface area is 122 Å². The first kappa shape index (κ1) is 13.3. The van der Waals surface area contributed by atoms with Crippen LogP contribution < -0.4 is 4.74 Å². The standard InChI is InChI=1S/C16H17NO2S/c1-12-6-7-16(20-12)14(18)11-17-8-9-19-15-5-3-2-4-13(15)10-17/h2-7H,8-11H2,1H3. The number of fused-ring (bicyclic) bond motifs is 1. The number of para-hydroxylation sites is 1. The topological polar surface area (TPSA) is 29.5 Å². The van der Waals surface area contributed by atoms with Crippen molar-refractivity contribution in [3.63, 3.8) is 0 Å². The quantitative estimate of drug-likeness (QED) is 0.812. The fraction of sp³-hybridized carbons (Fsp3) is 0.312. The lowest BCUT2D eigenvalue weighted by molar-refractivity contribution is 0.0925. The van der Waals surface area contributed by atoms with Gasteiger partial charge in [-0.05, 0) is 25.1 Å². The summed E-state index contributed by atoms with van der Waals surface area (Å²) in [6, 6.07) is 12.0. The van der Waals surface area contributed by atoms with Crippen LogP contribution in [0.5, 0.6) is 5.75 Å². The molecule has 0 aliphatic carbocycles. The van der Waals surface area contributed by atoms with Crippen molar-refractivity contribution in [2.24, 2.45) is 0 Å². The number of hydrogen-bond donors (Lipinski definition) is 0. The van der Waals surface area contributed by atoms with Crippen molar-refractivity contribution in [1.82, 2.24) is 4.90 Å². The smallest absolute Gasteiger partial charge is 0.186 e. The molecule has 3 nitrogen and oxygen atoms in total. The first-order valence-corrected chi connectivity index (χ1v) is 7.57. The predicted octanol–water partition coefficient (Wildman–Crippen LogP) is 3.13. The van der Waals surface area contributed by atoms with Gasteiger partial charge in [-0.25, -0.2) is 0 Å². The molecule has 0 radical (unpaired) electrons. The van der Waals surface area contributed by atoms with Crippen LogP contribution in [0, 0.1) is 6.92 Å². The second-order valence-electron chi connectivity index (χ2n) is 5.00. The highest BCUT2D eigenvalue weighted by Gasteiger charge is 2.18. The molecule has 0 saturated heterocycles. The van der Waals surface area contributed by atoms with Gasteiger partial charge in [0.25, 0.3) is 0 Å². The molecule has 0 amide bonds. The van der Waals surface area contributed by atoms with Gasteiger partial charge in [0.1, 0.15) is 12.4 Å². The summed E-state index contributed by atoms with van der Waals surface area (Å²) in [6.45, 7) is 4.67. The Morgan fingerprint density at radius 1 is 1.30 bits per heavy atom. The fourth-order valence-electron chi connectivity index (χ4n) is 2.38. The maximum Gasteiger partial charge on any atom is 0.186 e. The predicted molar refractivity (Wildman–Crippen MR) is 80.6 cm³/mol. The SMILES string of the molecule is Cc1ccc(C(=O)CN2CCOc3ccccc3C2)s1. The van der Waals surface area contributed by atoms with Gasteiger partial charge in [0, 0.05) is 23.5 Å². The second kappa shape index (κ2) is 5.77.